The van der Waals surface area contributed by atoms with E-state index >= 15 is 0 Å². The quantitative estimate of drug-likeness (QED) is 0.349. The van der Waals surface area contributed by atoms with Crippen molar-refractivity contribution in [2.45, 2.75) is 72.7 Å². The van der Waals surface area contributed by atoms with Crippen LogP contribution in [0.1, 0.15) is 60.8 Å². The van der Waals surface area contributed by atoms with E-state index in [1.807, 2.05) is 20.8 Å². The van der Waals surface area contributed by atoms with Crippen molar-refractivity contribution in [2.24, 2.45) is 17.3 Å². The molecule has 0 fully saturated rings. The molecule has 0 aromatic heterocycles. The van der Waals surface area contributed by atoms with Gasteiger partial charge in [-0.1, -0.05) is 33.8 Å². The van der Waals surface area contributed by atoms with Crippen LogP contribution in [0.15, 0.2) is 12.7 Å². The summed E-state index contributed by atoms with van der Waals surface area (Å²) in [7, 11) is 0. The maximum Gasteiger partial charge on any atom is 0.159 e. The van der Waals surface area contributed by atoms with Gasteiger partial charge < -0.3 is 14.9 Å². The highest BCUT2D eigenvalue weighted by molar-refractivity contribution is 5.86. The SMILES string of the molecule is C=CC[C@H](C)C(O)[C@@H](C)C(=O)C(C)(C)CCCOC(C)(C)O. The van der Waals surface area contributed by atoms with E-state index in [1.165, 1.54) is 0 Å². The first-order valence-electron chi connectivity index (χ1n) is 8.12. The number of ketones is 1. The predicted molar refractivity (Wildman–Crippen MR) is 89.4 cm³/mol. The van der Waals surface area contributed by atoms with Gasteiger partial charge in [0.05, 0.1) is 12.7 Å². The Bertz CT molecular complexity index is 355. The molecule has 3 atom stereocenters. The average molecular weight is 314 g/mol. The van der Waals surface area contributed by atoms with Crippen molar-refractivity contribution in [3.05, 3.63) is 12.7 Å². The molecule has 0 aliphatic carbocycles. The standard InChI is InChI=1S/C18H34O4/c1-8-10-13(2)15(19)14(3)16(20)17(4,5)11-9-12-22-18(6,7)21/h8,13-15,19,21H,1,9-12H2,2-7H3/t13-,14+,15?/m0/s1. The molecular weight excluding hydrogens is 280 g/mol. The Kier molecular flexibility index (Phi) is 8.52. The molecule has 130 valence electrons. The normalized spacial score (nSPS) is 16.9. The lowest BCUT2D eigenvalue weighted by atomic mass is 9.75. The molecule has 0 amide bonds. The van der Waals surface area contributed by atoms with E-state index in [0.29, 0.717) is 25.9 Å². The number of hydrogen-bond donors (Lipinski definition) is 2. The molecule has 22 heavy (non-hydrogen) atoms. The van der Waals surface area contributed by atoms with Gasteiger partial charge in [0.2, 0.25) is 0 Å². The second-order valence-electron chi connectivity index (χ2n) is 7.43. The Morgan fingerprint density at radius 1 is 1.27 bits per heavy atom. The van der Waals surface area contributed by atoms with Crippen LogP contribution in [0, 0.1) is 17.3 Å². The highest BCUT2D eigenvalue weighted by Crippen LogP contribution is 2.30. The second-order valence-corrected chi connectivity index (χ2v) is 7.43. The second kappa shape index (κ2) is 8.80. The van der Waals surface area contributed by atoms with Crippen LogP contribution in [0.5, 0.6) is 0 Å². The third kappa shape index (κ3) is 7.52. The smallest absolute Gasteiger partial charge is 0.159 e. The van der Waals surface area contributed by atoms with Crippen molar-refractivity contribution in [2.75, 3.05) is 6.61 Å². The number of hydrogen-bond acceptors (Lipinski definition) is 4. The van der Waals surface area contributed by atoms with E-state index in [2.05, 4.69) is 6.58 Å². The molecule has 0 bridgehead atoms. The van der Waals surface area contributed by atoms with Gasteiger partial charge in [0.25, 0.3) is 0 Å². The van der Waals surface area contributed by atoms with Crippen molar-refractivity contribution in [3.63, 3.8) is 0 Å². The Morgan fingerprint density at radius 2 is 1.82 bits per heavy atom. The molecule has 0 saturated carbocycles. The Hall–Kier alpha value is -0.710. The topological polar surface area (TPSA) is 66.8 Å². The van der Waals surface area contributed by atoms with Crippen molar-refractivity contribution in [1.82, 2.24) is 0 Å². The lowest BCUT2D eigenvalue weighted by molar-refractivity contribution is -0.177. The van der Waals surface area contributed by atoms with Crippen LogP contribution in [-0.4, -0.2) is 34.5 Å². The van der Waals surface area contributed by atoms with Gasteiger partial charge in [-0.05, 0) is 39.0 Å². The summed E-state index contributed by atoms with van der Waals surface area (Å²) in [6.07, 6.45) is 3.16. The molecule has 0 heterocycles. The van der Waals surface area contributed by atoms with E-state index in [4.69, 9.17) is 4.74 Å². The largest absolute Gasteiger partial charge is 0.392 e. The summed E-state index contributed by atoms with van der Waals surface area (Å²) in [5.74, 6) is -1.46. The minimum atomic E-state index is -1.14. The monoisotopic (exact) mass is 314 g/mol. The van der Waals surface area contributed by atoms with Gasteiger partial charge in [-0.25, -0.2) is 0 Å². The van der Waals surface area contributed by atoms with Crippen LogP contribution < -0.4 is 0 Å². The number of aliphatic hydroxyl groups excluding tert-OH is 1. The number of rotatable bonds is 11. The van der Waals surface area contributed by atoms with Crippen LogP contribution in [0.4, 0.5) is 0 Å². The molecule has 4 heteroatoms. The third-order valence-electron chi connectivity index (χ3n) is 4.12. The number of Topliss-reactive ketones (excluding diaryl/α,β-unsaturated/α-hetero) is 1. The third-order valence-corrected chi connectivity index (χ3v) is 4.12. The molecule has 0 spiro atoms. The van der Waals surface area contributed by atoms with Gasteiger partial charge in [-0.3, -0.25) is 4.79 Å². The lowest BCUT2D eigenvalue weighted by Crippen LogP contribution is -2.39. The maximum absolute atomic E-state index is 12.6. The van der Waals surface area contributed by atoms with Crippen molar-refractivity contribution in [1.29, 1.82) is 0 Å². The molecule has 0 aliphatic heterocycles. The predicted octanol–water partition coefficient (Wildman–Crippen LogP) is 3.32. The molecule has 0 aliphatic rings. The van der Waals surface area contributed by atoms with Crippen LogP contribution in [0.25, 0.3) is 0 Å². The zero-order valence-electron chi connectivity index (χ0n) is 15.1. The molecule has 0 aromatic carbocycles. The maximum atomic E-state index is 12.6. The fourth-order valence-corrected chi connectivity index (χ4v) is 2.63. The van der Waals surface area contributed by atoms with Gasteiger partial charge >= 0.3 is 0 Å². The molecule has 0 radical (unpaired) electrons. The van der Waals surface area contributed by atoms with Crippen LogP contribution in [0.2, 0.25) is 0 Å². The Labute approximate surface area is 135 Å². The minimum absolute atomic E-state index is 0.0192. The van der Waals surface area contributed by atoms with E-state index in [9.17, 15) is 15.0 Å². The first kappa shape index (κ1) is 21.3. The van der Waals surface area contributed by atoms with Gasteiger partial charge in [0, 0.05) is 11.3 Å². The number of carbonyl (C=O) groups is 1. The van der Waals surface area contributed by atoms with E-state index in [0.717, 1.165) is 0 Å². The zero-order valence-corrected chi connectivity index (χ0v) is 15.1. The Balaban J connectivity index is 4.50. The zero-order chi connectivity index (χ0) is 17.6. The fourth-order valence-electron chi connectivity index (χ4n) is 2.63. The summed E-state index contributed by atoms with van der Waals surface area (Å²) in [6.45, 7) is 14.8. The number of aliphatic hydroxyl groups is 2. The van der Waals surface area contributed by atoms with Crippen molar-refractivity contribution >= 4 is 5.78 Å². The van der Waals surface area contributed by atoms with Gasteiger partial charge in [-0.15, -0.1) is 6.58 Å². The number of allylic oxidation sites excluding steroid dienone is 1. The first-order chi connectivity index (χ1) is 9.92. The van der Waals surface area contributed by atoms with E-state index < -0.39 is 23.2 Å². The lowest BCUT2D eigenvalue weighted by Gasteiger charge is -2.31. The summed E-state index contributed by atoms with van der Waals surface area (Å²) in [6, 6.07) is 0. The fraction of sp³-hybridized carbons (Fsp3) is 0.833. The molecular formula is C18H34O4. The van der Waals surface area contributed by atoms with E-state index in [-0.39, 0.29) is 11.7 Å². The molecule has 0 rings (SSSR count). The summed E-state index contributed by atoms with van der Waals surface area (Å²) in [5, 5.41) is 19.8. The minimum Gasteiger partial charge on any atom is -0.392 e. The van der Waals surface area contributed by atoms with Crippen molar-refractivity contribution < 1.29 is 19.7 Å². The molecule has 1 unspecified atom stereocenters. The van der Waals surface area contributed by atoms with E-state index in [1.54, 1.807) is 26.8 Å². The van der Waals surface area contributed by atoms with Gasteiger partial charge in [-0.2, -0.15) is 0 Å². The van der Waals surface area contributed by atoms with Crippen LogP contribution >= 0.6 is 0 Å². The highest BCUT2D eigenvalue weighted by atomic mass is 16.6. The van der Waals surface area contributed by atoms with Crippen molar-refractivity contribution in [3.8, 4) is 0 Å². The number of ether oxygens (including phenoxy) is 1. The average Bonchev–Trinajstić information content (AvgIpc) is 2.40. The summed E-state index contributed by atoms with van der Waals surface area (Å²) in [4.78, 5) is 12.6. The molecule has 4 nitrogen and oxygen atoms in total. The molecule has 0 saturated heterocycles. The van der Waals surface area contributed by atoms with Crippen LogP contribution in [-0.2, 0) is 9.53 Å². The number of carbonyl (C=O) groups excluding carboxylic acids is 1. The highest BCUT2D eigenvalue weighted by Gasteiger charge is 2.35. The van der Waals surface area contributed by atoms with Crippen LogP contribution in [0.3, 0.4) is 0 Å². The summed E-state index contributed by atoms with van der Waals surface area (Å²) in [5.41, 5.74) is -0.517. The molecule has 0 aromatic rings. The first-order valence-corrected chi connectivity index (χ1v) is 8.12. The summed E-state index contributed by atoms with van der Waals surface area (Å²) >= 11 is 0. The van der Waals surface area contributed by atoms with Gasteiger partial charge in [0.15, 0.2) is 5.79 Å². The summed E-state index contributed by atoms with van der Waals surface area (Å²) < 4.78 is 5.27. The Morgan fingerprint density at radius 3 is 2.27 bits per heavy atom. The molecule has 2 N–H and O–H groups in total. The van der Waals surface area contributed by atoms with Gasteiger partial charge in [0.1, 0.15) is 5.78 Å².